The van der Waals surface area contributed by atoms with Crippen LogP contribution in [0.5, 0.6) is 0 Å². The SMILES string of the molecule is CC(C)(C)C(C)(C)CS(N)(=O)=O. The lowest BCUT2D eigenvalue weighted by Gasteiger charge is -2.37. The standard InChI is InChI=1S/C8H19NO2S/c1-7(2,3)8(4,5)6-12(9,10)11/h6H2,1-5H3,(H2,9,10,11). The lowest BCUT2D eigenvalue weighted by Crippen LogP contribution is -2.38. The van der Waals surface area contributed by atoms with Crippen LogP contribution in [0.15, 0.2) is 0 Å². The minimum Gasteiger partial charge on any atom is -0.229 e. The fourth-order valence-corrected chi connectivity index (χ4v) is 2.16. The molecule has 0 unspecified atom stereocenters. The quantitative estimate of drug-likeness (QED) is 0.719. The first-order valence-corrected chi connectivity index (χ1v) is 5.68. The van der Waals surface area contributed by atoms with Gasteiger partial charge in [0.2, 0.25) is 10.0 Å². The van der Waals surface area contributed by atoms with E-state index in [1.165, 1.54) is 0 Å². The van der Waals surface area contributed by atoms with Crippen molar-refractivity contribution in [2.45, 2.75) is 34.6 Å². The van der Waals surface area contributed by atoms with E-state index in [2.05, 4.69) is 0 Å². The van der Waals surface area contributed by atoms with Crippen LogP contribution in [0, 0.1) is 10.8 Å². The molecule has 0 aromatic heterocycles. The highest BCUT2D eigenvalue weighted by atomic mass is 32.2. The normalized spacial score (nSPS) is 14.8. The number of hydrogen-bond donors (Lipinski definition) is 1. The Labute approximate surface area is 75.4 Å². The van der Waals surface area contributed by atoms with Gasteiger partial charge in [-0.3, -0.25) is 0 Å². The van der Waals surface area contributed by atoms with Gasteiger partial charge < -0.3 is 0 Å². The summed E-state index contributed by atoms with van der Waals surface area (Å²) in [5, 5.41) is 4.99. The topological polar surface area (TPSA) is 60.2 Å². The van der Waals surface area contributed by atoms with E-state index in [4.69, 9.17) is 5.14 Å². The summed E-state index contributed by atoms with van der Waals surface area (Å²) >= 11 is 0. The van der Waals surface area contributed by atoms with E-state index >= 15 is 0 Å². The van der Waals surface area contributed by atoms with E-state index in [-0.39, 0.29) is 16.6 Å². The van der Waals surface area contributed by atoms with Crippen molar-refractivity contribution in [3.05, 3.63) is 0 Å². The van der Waals surface area contributed by atoms with E-state index < -0.39 is 10.0 Å². The molecule has 2 N–H and O–H groups in total. The first-order valence-electron chi connectivity index (χ1n) is 3.96. The van der Waals surface area contributed by atoms with Crippen LogP contribution in [0.4, 0.5) is 0 Å². The zero-order valence-corrected chi connectivity index (χ0v) is 9.33. The summed E-state index contributed by atoms with van der Waals surface area (Å²) in [5.41, 5.74) is -0.347. The molecule has 4 heteroatoms. The molecule has 0 saturated carbocycles. The predicted molar refractivity (Wildman–Crippen MR) is 51.2 cm³/mol. The van der Waals surface area contributed by atoms with Crippen LogP contribution in [0.1, 0.15) is 34.6 Å². The highest BCUT2D eigenvalue weighted by Gasteiger charge is 2.35. The minimum absolute atomic E-state index is 0.0312. The first kappa shape index (κ1) is 11.9. The van der Waals surface area contributed by atoms with Crippen LogP contribution in [0.2, 0.25) is 0 Å². The van der Waals surface area contributed by atoms with Gasteiger partial charge in [-0.25, -0.2) is 13.6 Å². The Bertz CT molecular complexity index is 247. The average molecular weight is 193 g/mol. The maximum Gasteiger partial charge on any atom is 0.209 e. The van der Waals surface area contributed by atoms with Crippen LogP contribution >= 0.6 is 0 Å². The van der Waals surface area contributed by atoms with Crippen molar-refractivity contribution >= 4 is 10.0 Å². The molecule has 0 spiro atoms. The Morgan fingerprint density at radius 1 is 1.08 bits per heavy atom. The number of primary sulfonamides is 1. The zero-order valence-electron chi connectivity index (χ0n) is 8.51. The van der Waals surface area contributed by atoms with E-state index in [0.29, 0.717) is 0 Å². The number of hydrogen-bond acceptors (Lipinski definition) is 2. The van der Waals surface area contributed by atoms with E-state index in [9.17, 15) is 8.42 Å². The zero-order chi connectivity index (χ0) is 10.2. The van der Waals surface area contributed by atoms with Gasteiger partial charge in [-0.2, -0.15) is 0 Å². The van der Waals surface area contributed by atoms with Crippen LogP contribution < -0.4 is 5.14 Å². The monoisotopic (exact) mass is 193 g/mol. The number of nitrogens with two attached hydrogens (primary N) is 1. The molecule has 0 rings (SSSR count). The lowest BCUT2D eigenvalue weighted by atomic mass is 9.71. The molecule has 0 aliphatic rings. The van der Waals surface area contributed by atoms with Crippen molar-refractivity contribution in [2.24, 2.45) is 16.0 Å². The summed E-state index contributed by atoms with van der Waals surface area (Å²) < 4.78 is 21.7. The largest absolute Gasteiger partial charge is 0.229 e. The average Bonchev–Trinajstić information content (AvgIpc) is 1.52. The van der Waals surface area contributed by atoms with E-state index in [1.54, 1.807) is 0 Å². The molecule has 3 nitrogen and oxygen atoms in total. The van der Waals surface area contributed by atoms with Gasteiger partial charge in [0.25, 0.3) is 0 Å². The van der Waals surface area contributed by atoms with Gasteiger partial charge in [0, 0.05) is 0 Å². The Morgan fingerprint density at radius 3 is 1.50 bits per heavy atom. The van der Waals surface area contributed by atoms with E-state index in [0.717, 1.165) is 0 Å². The predicted octanol–water partition coefficient (Wildman–Crippen LogP) is 1.35. The van der Waals surface area contributed by atoms with Crippen molar-refractivity contribution in [1.82, 2.24) is 0 Å². The lowest BCUT2D eigenvalue weighted by molar-refractivity contribution is 0.160. The maximum atomic E-state index is 10.9. The fourth-order valence-electron chi connectivity index (χ4n) is 0.719. The Balaban J connectivity index is 4.67. The number of sulfonamides is 1. The van der Waals surface area contributed by atoms with Gasteiger partial charge in [0.1, 0.15) is 0 Å². The summed E-state index contributed by atoms with van der Waals surface area (Å²) in [7, 11) is -3.36. The van der Waals surface area contributed by atoms with Crippen LogP contribution in [0.25, 0.3) is 0 Å². The second-order valence-electron chi connectivity index (χ2n) is 4.94. The molecule has 12 heavy (non-hydrogen) atoms. The molecule has 0 aromatic rings. The molecule has 0 heterocycles. The van der Waals surface area contributed by atoms with E-state index in [1.807, 2.05) is 34.6 Å². The summed E-state index contributed by atoms with van der Waals surface area (Å²) in [5.74, 6) is 0.0312. The molecule has 74 valence electrons. The van der Waals surface area contributed by atoms with Gasteiger partial charge >= 0.3 is 0 Å². The molecule has 0 atom stereocenters. The van der Waals surface area contributed by atoms with Gasteiger partial charge in [0.15, 0.2) is 0 Å². The smallest absolute Gasteiger partial charge is 0.209 e. The second-order valence-corrected chi connectivity index (χ2v) is 6.56. The van der Waals surface area contributed by atoms with Crippen molar-refractivity contribution in [1.29, 1.82) is 0 Å². The highest BCUT2D eigenvalue weighted by molar-refractivity contribution is 7.89. The molecule has 0 fully saturated rings. The molecule has 0 amide bonds. The fraction of sp³-hybridized carbons (Fsp3) is 1.00. The minimum atomic E-state index is -3.36. The highest BCUT2D eigenvalue weighted by Crippen LogP contribution is 2.38. The van der Waals surface area contributed by atoms with Gasteiger partial charge in [-0.15, -0.1) is 0 Å². The van der Waals surface area contributed by atoms with Gasteiger partial charge in [-0.1, -0.05) is 34.6 Å². The number of rotatable bonds is 2. The molecule has 0 aliphatic heterocycles. The molecule has 0 saturated heterocycles. The summed E-state index contributed by atoms with van der Waals surface area (Å²) in [6, 6.07) is 0. The Kier molecular flexibility index (Phi) is 2.97. The maximum absolute atomic E-state index is 10.9. The third-order valence-corrected chi connectivity index (χ3v) is 3.72. The third-order valence-electron chi connectivity index (χ3n) is 2.59. The summed E-state index contributed by atoms with van der Waals surface area (Å²) in [6.07, 6.45) is 0. The van der Waals surface area contributed by atoms with Crippen molar-refractivity contribution in [3.8, 4) is 0 Å². The second kappa shape index (κ2) is 3.00. The van der Waals surface area contributed by atoms with Gasteiger partial charge in [0.05, 0.1) is 5.75 Å². The van der Waals surface area contributed by atoms with Crippen LogP contribution in [-0.4, -0.2) is 14.2 Å². The Hall–Kier alpha value is -0.0900. The first-order chi connectivity index (χ1) is 4.96. The van der Waals surface area contributed by atoms with Crippen molar-refractivity contribution < 1.29 is 8.42 Å². The molecule has 0 aliphatic carbocycles. The van der Waals surface area contributed by atoms with Crippen molar-refractivity contribution in [2.75, 3.05) is 5.75 Å². The van der Waals surface area contributed by atoms with Crippen LogP contribution in [0.3, 0.4) is 0 Å². The van der Waals surface area contributed by atoms with Crippen LogP contribution in [-0.2, 0) is 10.0 Å². The Morgan fingerprint density at radius 2 is 1.42 bits per heavy atom. The third kappa shape index (κ3) is 3.54. The van der Waals surface area contributed by atoms with Gasteiger partial charge in [-0.05, 0) is 10.8 Å². The molecule has 0 aromatic carbocycles. The molecule has 0 bridgehead atoms. The van der Waals surface area contributed by atoms with Crippen molar-refractivity contribution in [3.63, 3.8) is 0 Å². The molecular weight excluding hydrogens is 174 g/mol. The molecule has 0 radical (unpaired) electrons. The molecular formula is C8H19NO2S. The summed E-state index contributed by atoms with van der Waals surface area (Å²) in [4.78, 5) is 0. The summed E-state index contributed by atoms with van der Waals surface area (Å²) in [6.45, 7) is 9.86.